The highest BCUT2D eigenvalue weighted by molar-refractivity contribution is 9.10. The van der Waals surface area contributed by atoms with E-state index in [9.17, 15) is 9.59 Å². The fourth-order valence-electron chi connectivity index (χ4n) is 3.98. The normalized spacial score (nSPS) is 11.1. The summed E-state index contributed by atoms with van der Waals surface area (Å²) in [5.74, 6) is -0.173. The van der Waals surface area contributed by atoms with E-state index in [4.69, 9.17) is 4.74 Å². The maximum absolute atomic E-state index is 12.4. The van der Waals surface area contributed by atoms with Gasteiger partial charge in [0.2, 0.25) is 5.91 Å². The average Bonchev–Trinajstić information content (AvgIpc) is 2.88. The summed E-state index contributed by atoms with van der Waals surface area (Å²) in [5, 5.41) is 4.07. The second kappa shape index (κ2) is 18.8. The van der Waals surface area contributed by atoms with Gasteiger partial charge in [-0.2, -0.15) is 5.10 Å². The minimum atomic E-state index is -0.445. The fraction of sp³-hybridized carbons (Fsp3) is 0.500. The molecule has 5 nitrogen and oxygen atoms in total. The number of ether oxygens (including phenoxy) is 1. The van der Waals surface area contributed by atoms with Gasteiger partial charge in [0.15, 0.2) is 0 Å². The van der Waals surface area contributed by atoms with Crippen molar-refractivity contribution < 1.29 is 14.3 Å². The summed E-state index contributed by atoms with van der Waals surface area (Å²) in [4.78, 5) is 24.5. The molecule has 0 heterocycles. The van der Waals surface area contributed by atoms with E-state index >= 15 is 0 Å². The van der Waals surface area contributed by atoms with Crippen LogP contribution in [0.4, 0.5) is 0 Å². The Morgan fingerprint density at radius 2 is 1.42 bits per heavy atom. The molecule has 0 bridgehead atoms. The maximum Gasteiger partial charge on any atom is 0.343 e. The van der Waals surface area contributed by atoms with E-state index in [1.54, 1.807) is 42.5 Å². The molecule has 2 aromatic rings. The van der Waals surface area contributed by atoms with Gasteiger partial charge in [0.1, 0.15) is 5.75 Å². The van der Waals surface area contributed by atoms with Gasteiger partial charge in [-0.3, -0.25) is 4.79 Å². The molecule has 2 rings (SSSR count). The van der Waals surface area contributed by atoms with Crippen LogP contribution in [0.5, 0.6) is 5.75 Å². The van der Waals surface area contributed by atoms with Crippen LogP contribution in [0.15, 0.2) is 58.1 Å². The second-order valence-electron chi connectivity index (χ2n) is 9.22. The largest absolute Gasteiger partial charge is 0.422 e. The summed E-state index contributed by atoms with van der Waals surface area (Å²) in [6, 6.07) is 14.1. The number of unbranched alkanes of at least 4 members (excludes halogenated alkanes) is 12. The summed E-state index contributed by atoms with van der Waals surface area (Å²) in [6.07, 6.45) is 18.6. The maximum atomic E-state index is 12.4. The molecule has 36 heavy (non-hydrogen) atoms. The molecule has 0 saturated carbocycles. The number of hydrogen-bond donors (Lipinski definition) is 1. The van der Waals surface area contributed by atoms with Crippen LogP contribution in [-0.2, 0) is 4.79 Å². The topological polar surface area (TPSA) is 67.8 Å². The zero-order valence-corrected chi connectivity index (χ0v) is 23.2. The molecule has 196 valence electrons. The zero-order chi connectivity index (χ0) is 25.8. The number of carbonyl (C=O) groups is 2. The van der Waals surface area contributed by atoms with Crippen molar-refractivity contribution in [3.8, 4) is 5.75 Å². The van der Waals surface area contributed by atoms with Crippen molar-refractivity contribution >= 4 is 34.0 Å². The van der Waals surface area contributed by atoms with Gasteiger partial charge in [-0.05, 0) is 36.8 Å². The zero-order valence-electron chi connectivity index (χ0n) is 21.6. The van der Waals surface area contributed by atoms with E-state index in [0.29, 0.717) is 23.3 Å². The number of halogens is 1. The Bertz CT molecular complexity index is 931. The molecule has 0 spiro atoms. The molecule has 0 aliphatic carbocycles. The first-order valence-corrected chi connectivity index (χ1v) is 14.3. The molecule has 1 N–H and O–H groups in total. The molecular weight excluding hydrogens is 516 g/mol. The van der Waals surface area contributed by atoms with Gasteiger partial charge in [-0.25, -0.2) is 10.2 Å². The highest BCUT2D eigenvalue weighted by Gasteiger charge is 2.11. The Morgan fingerprint density at radius 3 is 2.03 bits per heavy atom. The Labute approximate surface area is 225 Å². The third-order valence-corrected chi connectivity index (χ3v) is 6.58. The monoisotopic (exact) mass is 556 g/mol. The third-order valence-electron chi connectivity index (χ3n) is 6.08. The fourth-order valence-corrected chi connectivity index (χ4v) is 4.36. The van der Waals surface area contributed by atoms with Gasteiger partial charge < -0.3 is 4.74 Å². The van der Waals surface area contributed by atoms with Crippen molar-refractivity contribution in [1.29, 1.82) is 0 Å². The van der Waals surface area contributed by atoms with E-state index in [1.807, 2.05) is 6.07 Å². The first-order chi connectivity index (χ1) is 17.6. The predicted molar refractivity (Wildman–Crippen MR) is 152 cm³/mol. The number of esters is 1. The summed E-state index contributed by atoms with van der Waals surface area (Å²) in [6.45, 7) is 2.26. The predicted octanol–water partition coefficient (Wildman–Crippen LogP) is 8.60. The minimum Gasteiger partial charge on any atom is -0.422 e. The lowest BCUT2D eigenvalue weighted by Gasteiger charge is -2.08. The lowest BCUT2D eigenvalue weighted by atomic mass is 10.0. The molecule has 0 saturated heterocycles. The van der Waals surface area contributed by atoms with Crippen molar-refractivity contribution in [2.24, 2.45) is 5.10 Å². The quantitative estimate of drug-likeness (QED) is 0.0656. The van der Waals surface area contributed by atoms with Crippen molar-refractivity contribution in [2.45, 2.75) is 96.8 Å². The number of hydrazone groups is 1. The van der Waals surface area contributed by atoms with E-state index < -0.39 is 5.97 Å². The standard InChI is InChI=1S/C30H41BrN2O3/c1-2-3-4-5-6-7-8-9-10-11-12-13-17-20-29(34)33-32-24-26-23-27(31)21-22-28(26)36-30(35)25-18-15-14-16-19-25/h14-16,18-19,21-24H,2-13,17,20H2,1H3,(H,33,34)/b32-24+. The Kier molecular flexibility index (Phi) is 15.5. The lowest BCUT2D eigenvalue weighted by Crippen LogP contribution is -2.17. The van der Waals surface area contributed by atoms with Crippen molar-refractivity contribution in [3.63, 3.8) is 0 Å². The first-order valence-electron chi connectivity index (χ1n) is 13.5. The van der Waals surface area contributed by atoms with Gasteiger partial charge in [-0.1, -0.05) is 118 Å². The van der Waals surface area contributed by atoms with Crippen LogP contribution in [0.25, 0.3) is 0 Å². The SMILES string of the molecule is CCCCCCCCCCCCCCCC(=O)N/N=C/c1cc(Br)ccc1OC(=O)c1ccccc1. The van der Waals surface area contributed by atoms with Gasteiger partial charge in [-0.15, -0.1) is 0 Å². The number of hydrogen-bond acceptors (Lipinski definition) is 4. The van der Waals surface area contributed by atoms with Crippen LogP contribution >= 0.6 is 15.9 Å². The molecule has 0 aliphatic heterocycles. The minimum absolute atomic E-state index is 0.104. The van der Waals surface area contributed by atoms with Gasteiger partial charge in [0, 0.05) is 16.5 Å². The summed E-state index contributed by atoms with van der Waals surface area (Å²) in [5.41, 5.74) is 3.64. The summed E-state index contributed by atoms with van der Waals surface area (Å²) >= 11 is 3.42. The van der Waals surface area contributed by atoms with Crippen LogP contribution in [0.3, 0.4) is 0 Å². The highest BCUT2D eigenvalue weighted by atomic mass is 79.9. The van der Waals surface area contributed by atoms with E-state index in [0.717, 1.165) is 17.3 Å². The van der Waals surface area contributed by atoms with Crippen LogP contribution in [-0.4, -0.2) is 18.1 Å². The Hall–Kier alpha value is -2.47. The number of amides is 1. The van der Waals surface area contributed by atoms with E-state index in [1.165, 1.54) is 76.8 Å². The van der Waals surface area contributed by atoms with Crippen LogP contribution in [0, 0.1) is 0 Å². The third kappa shape index (κ3) is 13.0. The molecule has 0 radical (unpaired) electrons. The van der Waals surface area contributed by atoms with E-state index in [-0.39, 0.29) is 5.91 Å². The molecule has 6 heteroatoms. The van der Waals surface area contributed by atoms with Crippen LogP contribution in [0.1, 0.15) is 113 Å². The summed E-state index contributed by atoms with van der Waals surface area (Å²) in [7, 11) is 0. The molecule has 2 aromatic carbocycles. The molecule has 0 aromatic heterocycles. The van der Waals surface area contributed by atoms with Crippen molar-refractivity contribution in [2.75, 3.05) is 0 Å². The smallest absolute Gasteiger partial charge is 0.343 e. The number of rotatable bonds is 18. The Balaban J connectivity index is 1.60. The van der Waals surface area contributed by atoms with Crippen molar-refractivity contribution in [3.05, 3.63) is 64.1 Å². The molecule has 1 amide bonds. The number of nitrogens with one attached hydrogen (secondary N) is 1. The van der Waals surface area contributed by atoms with Crippen LogP contribution < -0.4 is 10.2 Å². The molecular formula is C30H41BrN2O3. The van der Waals surface area contributed by atoms with Gasteiger partial charge in [0.25, 0.3) is 0 Å². The number of nitrogens with zero attached hydrogens (tertiary/aromatic N) is 1. The molecule has 0 fully saturated rings. The Morgan fingerprint density at radius 1 is 0.833 bits per heavy atom. The van der Waals surface area contributed by atoms with E-state index in [2.05, 4.69) is 33.4 Å². The summed E-state index contributed by atoms with van der Waals surface area (Å²) < 4.78 is 6.35. The van der Waals surface area contributed by atoms with Gasteiger partial charge >= 0.3 is 5.97 Å². The highest BCUT2D eigenvalue weighted by Crippen LogP contribution is 2.23. The average molecular weight is 558 g/mol. The number of carbonyl (C=O) groups excluding carboxylic acids is 2. The number of benzene rings is 2. The second-order valence-corrected chi connectivity index (χ2v) is 10.1. The first kappa shape index (κ1) is 29.8. The molecule has 0 aliphatic rings. The van der Waals surface area contributed by atoms with Crippen LogP contribution in [0.2, 0.25) is 0 Å². The lowest BCUT2D eigenvalue weighted by molar-refractivity contribution is -0.121. The van der Waals surface area contributed by atoms with Crippen molar-refractivity contribution in [1.82, 2.24) is 5.43 Å². The van der Waals surface area contributed by atoms with Gasteiger partial charge in [0.05, 0.1) is 11.8 Å². The molecule has 0 atom stereocenters. The molecule has 0 unspecified atom stereocenters.